The lowest BCUT2D eigenvalue weighted by atomic mass is 10.0. The standard InChI is InChI=1S/C18H23BrS/c1-2-3-4-5-6-7-8-15-9-11-16(12-10-15)18-13-17(19)14-20-18/h9-14H,2-8H2,1H3. The number of hydrogen-bond acceptors (Lipinski definition) is 1. The smallest absolute Gasteiger partial charge is 0.0354 e. The number of aryl methyl sites for hydroxylation is 1. The van der Waals surface area contributed by atoms with Crippen LogP contribution in [0.3, 0.4) is 0 Å². The molecule has 0 saturated carbocycles. The summed E-state index contributed by atoms with van der Waals surface area (Å²) in [6.07, 6.45) is 9.46. The second-order valence-electron chi connectivity index (χ2n) is 5.34. The van der Waals surface area contributed by atoms with Gasteiger partial charge >= 0.3 is 0 Å². The fraction of sp³-hybridized carbons (Fsp3) is 0.444. The van der Waals surface area contributed by atoms with E-state index in [1.165, 1.54) is 65.4 Å². The fourth-order valence-corrected chi connectivity index (χ4v) is 3.85. The number of halogens is 1. The Balaban J connectivity index is 1.77. The normalized spacial score (nSPS) is 10.9. The van der Waals surface area contributed by atoms with Crippen LogP contribution in [0.5, 0.6) is 0 Å². The van der Waals surface area contributed by atoms with Gasteiger partial charge in [-0.1, -0.05) is 63.3 Å². The molecule has 0 unspecified atom stereocenters. The first-order valence-corrected chi connectivity index (χ1v) is 9.30. The highest BCUT2D eigenvalue weighted by Gasteiger charge is 2.01. The van der Waals surface area contributed by atoms with Crippen molar-refractivity contribution in [3.8, 4) is 10.4 Å². The molecule has 2 rings (SSSR count). The molecule has 20 heavy (non-hydrogen) atoms. The van der Waals surface area contributed by atoms with Crippen molar-refractivity contribution in [3.05, 3.63) is 45.7 Å². The van der Waals surface area contributed by atoms with Crippen molar-refractivity contribution in [2.24, 2.45) is 0 Å². The van der Waals surface area contributed by atoms with Crippen LogP contribution in [0, 0.1) is 0 Å². The molecule has 1 heterocycles. The highest BCUT2D eigenvalue weighted by Crippen LogP contribution is 2.30. The van der Waals surface area contributed by atoms with Crippen LogP contribution in [0.4, 0.5) is 0 Å². The molecule has 2 aromatic rings. The molecule has 0 aliphatic carbocycles. The molecular weight excluding hydrogens is 328 g/mol. The first-order chi connectivity index (χ1) is 9.79. The van der Waals surface area contributed by atoms with Crippen LogP contribution in [0.25, 0.3) is 10.4 Å². The van der Waals surface area contributed by atoms with Crippen molar-refractivity contribution >= 4 is 27.3 Å². The van der Waals surface area contributed by atoms with Gasteiger partial charge in [-0.3, -0.25) is 0 Å². The third-order valence-electron chi connectivity index (χ3n) is 3.62. The predicted molar refractivity (Wildman–Crippen MR) is 94.5 cm³/mol. The van der Waals surface area contributed by atoms with Crippen LogP contribution in [0.15, 0.2) is 40.2 Å². The van der Waals surface area contributed by atoms with E-state index < -0.39 is 0 Å². The third kappa shape index (κ3) is 5.06. The van der Waals surface area contributed by atoms with E-state index in [4.69, 9.17) is 0 Å². The van der Waals surface area contributed by atoms with Gasteiger partial charge in [0.15, 0.2) is 0 Å². The molecule has 0 bridgehead atoms. The van der Waals surface area contributed by atoms with Crippen LogP contribution in [-0.4, -0.2) is 0 Å². The minimum absolute atomic E-state index is 1.17. The molecule has 0 aliphatic heterocycles. The molecular formula is C18H23BrS. The van der Waals surface area contributed by atoms with Gasteiger partial charge in [0.05, 0.1) is 0 Å². The number of thiophene rings is 1. The van der Waals surface area contributed by atoms with E-state index in [1.807, 2.05) is 0 Å². The highest BCUT2D eigenvalue weighted by molar-refractivity contribution is 9.10. The van der Waals surface area contributed by atoms with E-state index in [9.17, 15) is 0 Å². The quantitative estimate of drug-likeness (QED) is 0.446. The molecule has 1 aromatic heterocycles. The molecule has 0 atom stereocenters. The summed E-state index contributed by atoms with van der Waals surface area (Å²) < 4.78 is 1.17. The highest BCUT2D eigenvalue weighted by atomic mass is 79.9. The summed E-state index contributed by atoms with van der Waals surface area (Å²) in [5, 5.41) is 2.14. The Morgan fingerprint density at radius 3 is 2.30 bits per heavy atom. The minimum atomic E-state index is 1.17. The number of unbranched alkanes of at least 4 members (excludes halogenated alkanes) is 5. The number of benzene rings is 1. The van der Waals surface area contributed by atoms with Crippen molar-refractivity contribution in [1.29, 1.82) is 0 Å². The minimum Gasteiger partial charge on any atom is -0.143 e. The van der Waals surface area contributed by atoms with Crippen LogP contribution >= 0.6 is 27.3 Å². The van der Waals surface area contributed by atoms with Crippen molar-refractivity contribution in [3.63, 3.8) is 0 Å². The maximum absolute atomic E-state index is 3.51. The average Bonchev–Trinajstić information content (AvgIpc) is 2.90. The number of rotatable bonds is 8. The van der Waals surface area contributed by atoms with E-state index >= 15 is 0 Å². The monoisotopic (exact) mass is 350 g/mol. The SMILES string of the molecule is CCCCCCCCc1ccc(-c2cc(Br)cs2)cc1. The zero-order valence-electron chi connectivity index (χ0n) is 12.2. The van der Waals surface area contributed by atoms with Gasteiger partial charge in [0.1, 0.15) is 0 Å². The van der Waals surface area contributed by atoms with Crippen LogP contribution < -0.4 is 0 Å². The van der Waals surface area contributed by atoms with E-state index in [2.05, 4.69) is 58.6 Å². The van der Waals surface area contributed by atoms with Crippen molar-refractivity contribution in [1.82, 2.24) is 0 Å². The van der Waals surface area contributed by atoms with Gasteiger partial charge < -0.3 is 0 Å². The lowest BCUT2D eigenvalue weighted by Gasteiger charge is -2.03. The van der Waals surface area contributed by atoms with Gasteiger partial charge in [0.2, 0.25) is 0 Å². The Hall–Kier alpha value is -0.600. The van der Waals surface area contributed by atoms with Gasteiger partial charge in [0, 0.05) is 14.7 Å². The van der Waals surface area contributed by atoms with Gasteiger partial charge in [-0.05, 0) is 46.0 Å². The van der Waals surface area contributed by atoms with Crippen LogP contribution in [0.1, 0.15) is 51.0 Å². The molecule has 1 aromatic carbocycles. The summed E-state index contributed by atoms with van der Waals surface area (Å²) in [7, 11) is 0. The largest absolute Gasteiger partial charge is 0.143 e. The maximum atomic E-state index is 3.51. The molecule has 108 valence electrons. The molecule has 0 saturated heterocycles. The van der Waals surface area contributed by atoms with E-state index in [1.54, 1.807) is 11.3 Å². The molecule has 0 amide bonds. The lowest BCUT2D eigenvalue weighted by molar-refractivity contribution is 0.607. The molecule has 0 spiro atoms. The zero-order valence-corrected chi connectivity index (χ0v) is 14.6. The Morgan fingerprint density at radius 2 is 1.65 bits per heavy atom. The lowest BCUT2D eigenvalue weighted by Crippen LogP contribution is -1.86. The average molecular weight is 351 g/mol. The second-order valence-corrected chi connectivity index (χ2v) is 7.17. The topological polar surface area (TPSA) is 0 Å². The summed E-state index contributed by atoms with van der Waals surface area (Å²) in [5.41, 5.74) is 2.80. The maximum Gasteiger partial charge on any atom is 0.0354 e. The van der Waals surface area contributed by atoms with Crippen molar-refractivity contribution in [2.75, 3.05) is 0 Å². The molecule has 0 nitrogen and oxygen atoms in total. The summed E-state index contributed by atoms with van der Waals surface area (Å²) in [4.78, 5) is 1.34. The van der Waals surface area contributed by atoms with Crippen molar-refractivity contribution < 1.29 is 0 Å². The summed E-state index contributed by atoms with van der Waals surface area (Å²) in [6, 6.07) is 11.3. The van der Waals surface area contributed by atoms with Gasteiger partial charge in [-0.15, -0.1) is 11.3 Å². The van der Waals surface area contributed by atoms with E-state index in [0.717, 1.165) is 0 Å². The molecule has 0 radical (unpaired) electrons. The molecule has 2 heteroatoms. The first-order valence-electron chi connectivity index (χ1n) is 7.63. The van der Waals surface area contributed by atoms with Gasteiger partial charge in [0.25, 0.3) is 0 Å². The Morgan fingerprint density at radius 1 is 0.950 bits per heavy atom. The molecule has 0 aliphatic rings. The second kappa shape index (κ2) is 8.63. The Labute approximate surface area is 135 Å². The Bertz CT molecular complexity index is 498. The summed E-state index contributed by atoms with van der Waals surface area (Å²) >= 11 is 5.30. The van der Waals surface area contributed by atoms with Gasteiger partial charge in [-0.25, -0.2) is 0 Å². The van der Waals surface area contributed by atoms with E-state index in [0.29, 0.717) is 0 Å². The van der Waals surface area contributed by atoms with E-state index in [-0.39, 0.29) is 0 Å². The Kier molecular flexibility index (Phi) is 6.81. The van der Waals surface area contributed by atoms with Crippen LogP contribution in [-0.2, 0) is 6.42 Å². The molecule has 0 N–H and O–H groups in total. The third-order valence-corrected chi connectivity index (χ3v) is 5.37. The van der Waals surface area contributed by atoms with Crippen LogP contribution in [0.2, 0.25) is 0 Å². The first kappa shape index (κ1) is 15.8. The number of hydrogen-bond donors (Lipinski definition) is 0. The zero-order chi connectivity index (χ0) is 14.2. The summed E-state index contributed by atoms with van der Waals surface area (Å²) in [5.74, 6) is 0. The molecule has 0 fully saturated rings. The van der Waals surface area contributed by atoms with Crippen molar-refractivity contribution in [2.45, 2.75) is 51.9 Å². The summed E-state index contributed by atoms with van der Waals surface area (Å²) in [6.45, 7) is 2.27. The predicted octanol–water partition coefficient (Wildman–Crippen LogP) is 7.08. The fourth-order valence-electron chi connectivity index (χ4n) is 2.41. The van der Waals surface area contributed by atoms with Gasteiger partial charge in [-0.2, -0.15) is 0 Å².